The van der Waals surface area contributed by atoms with Gasteiger partial charge in [-0.25, -0.2) is 19.7 Å². The molecule has 1 fully saturated rings. The monoisotopic (exact) mass is 487 g/mol. The predicted octanol–water partition coefficient (Wildman–Crippen LogP) is 2.75. The van der Waals surface area contributed by atoms with Crippen molar-refractivity contribution in [3.05, 3.63) is 48.7 Å². The van der Waals surface area contributed by atoms with Crippen LogP contribution in [0.2, 0.25) is 0 Å². The number of aromatic nitrogens is 5. The third-order valence-electron chi connectivity index (χ3n) is 6.38. The number of imidazole rings is 1. The van der Waals surface area contributed by atoms with Gasteiger partial charge in [0, 0.05) is 57.8 Å². The van der Waals surface area contributed by atoms with E-state index in [1.807, 2.05) is 23.7 Å². The van der Waals surface area contributed by atoms with Crippen molar-refractivity contribution in [3.8, 4) is 11.3 Å². The zero-order chi connectivity index (χ0) is 25.2. The molecule has 0 atom stereocenters. The van der Waals surface area contributed by atoms with Crippen molar-refractivity contribution < 1.29 is 9.53 Å². The Morgan fingerprint density at radius 3 is 2.61 bits per heavy atom. The van der Waals surface area contributed by atoms with Crippen LogP contribution in [0.15, 0.2) is 43.0 Å². The minimum absolute atomic E-state index is 0.0736. The highest BCUT2D eigenvalue weighted by Crippen LogP contribution is 2.33. The smallest absolute Gasteiger partial charge is 0.360 e. The van der Waals surface area contributed by atoms with E-state index in [9.17, 15) is 4.79 Å². The Hall–Kier alpha value is -4.25. The lowest BCUT2D eigenvalue weighted by Gasteiger charge is -2.34. The number of anilines is 4. The number of nitrogens with one attached hydrogen (secondary N) is 2. The van der Waals surface area contributed by atoms with Crippen molar-refractivity contribution in [2.24, 2.45) is 7.05 Å². The van der Waals surface area contributed by atoms with Gasteiger partial charge in [0.05, 0.1) is 30.7 Å². The molecule has 1 aliphatic rings. The molecule has 186 valence electrons. The lowest BCUT2D eigenvalue weighted by molar-refractivity contribution is 0.0595. The molecule has 0 saturated carbocycles. The first-order valence-corrected chi connectivity index (χ1v) is 11.7. The first kappa shape index (κ1) is 23.5. The van der Waals surface area contributed by atoms with Crippen LogP contribution >= 0.6 is 0 Å². The van der Waals surface area contributed by atoms with Crippen LogP contribution in [-0.2, 0) is 11.8 Å². The summed E-state index contributed by atoms with van der Waals surface area (Å²) in [6.07, 6.45) is 5.13. The average molecular weight is 488 g/mol. The standard InChI is InChI=1S/C25H29N9O2/c1-26-23-21(18-13-27-14-19-20(18)28-15-33(19)3)30-22(25(35)36-4)24(31-23)29-16-6-5-7-17(12-16)34-10-8-32(2)9-11-34/h5-7,12-15H,8-11H2,1-4H3,(H2,26,29,31). The number of pyridine rings is 1. The van der Waals surface area contributed by atoms with E-state index in [0.717, 1.165) is 48.6 Å². The summed E-state index contributed by atoms with van der Waals surface area (Å²) < 4.78 is 6.93. The van der Waals surface area contributed by atoms with Crippen molar-refractivity contribution in [1.29, 1.82) is 0 Å². The van der Waals surface area contributed by atoms with Crippen molar-refractivity contribution >= 4 is 40.0 Å². The molecule has 11 nitrogen and oxygen atoms in total. The van der Waals surface area contributed by atoms with Crippen LogP contribution in [0.1, 0.15) is 10.5 Å². The minimum atomic E-state index is -0.592. The molecule has 0 unspecified atom stereocenters. The molecule has 1 saturated heterocycles. The van der Waals surface area contributed by atoms with E-state index in [2.05, 4.69) is 49.6 Å². The van der Waals surface area contributed by atoms with Crippen LogP contribution in [0.25, 0.3) is 22.3 Å². The molecule has 2 N–H and O–H groups in total. The Labute approximate surface area is 209 Å². The molecular formula is C25H29N9O2. The second kappa shape index (κ2) is 9.78. The average Bonchev–Trinajstić information content (AvgIpc) is 3.29. The third-order valence-corrected chi connectivity index (χ3v) is 6.38. The molecular weight excluding hydrogens is 458 g/mol. The van der Waals surface area contributed by atoms with Gasteiger partial charge in [0.15, 0.2) is 17.3 Å². The summed E-state index contributed by atoms with van der Waals surface area (Å²) in [6, 6.07) is 8.07. The lowest BCUT2D eigenvalue weighted by atomic mass is 10.1. The van der Waals surface area contributed by atoms with Crippen LogP contribution in [0.4, 0.5) is 23.0 Å². The fourth-order valence-corrected chi connectivity index (χ4v) is 4.32. The molecule has 1 aromatic carbocycles. The van der Waals surface area contributed by atoms with Gasteiger partial charge in [0.2, 0.25) is 0 Å². The molecule has 1 aliphatic heterocycles. The molecule has 4 aromatic rings. The molecule has 36 heavy (non-hydrogen) atoms. The molecule has 0 spiro atoms. The molecule has 0 aliphatic carbocycles. The zero-order valence-corrected chi connectivity index (χ0v) is 20.8. The summed E-state index contributed by atoms with van der Waals surface area (Å²) in [5, 5.41) is 6.39. The van der Waals surface area contributed by atoms with Gasteiger partial charge in [0.25, 0.3) is 0 Å². The highest BCUT2D eigenvalue weighted by molar-refractivity contribution is 5.98. The van der Waals surface area contributed by atoms with Gasteiger partial charge in [-0.1, -0.05) is 6.07 Å². The van der Waals surface area contributed by atoms with Crippen molar-refractivity contribution in [3.63, 3.8) is 0 Å². The number of esters is 1. The van der Waals surface area contributed by atoms with Gasteiger partial charge >= 0.3 is 5.97 Å². The van der Waals surface area contributed by atoms with Crippen molar-refractivity contribution in [1.82, 2.24) is 29.4 Å². The van der Waals surface area contributed by atoms with E-state index in [4.69, 9.17) is 14.7 Å². The SMILES string of the molecule is CNc1nc(Nc2cccc(N3CCN(C)CC3)c2)c(C(=O)OC)nc1-c1cncc2c1ncn2C. The number of likely N-dealkylation sites (N-methyl/N-ethyl adjacent to an activating group) is 1. The number of hydrogen-bond donors (Lipinski definition) is 2. The molecule has 4 heterocycles. The largest absolute Gasteiger partial charge is 0.464 e. The van der Waals surface area contributed by atoms with E-state index in [-0.39, 0.29) is 5.69 Å². The van der Waals surface area contributed by atoms with Gasteiger partial charge < -0.3 is 29.7 Å². The van der Waals surface area contributed by atoms with Crippen molar-refractivity contribution in [2.45, 2.75) is 0 Å². The normalized spacial score (nSPS) is 14.2. The Bertz CT molecular complexity index is 1410. The number of carbonyl (C=O) groups is 1. The summed E-state index contributed by atoms with van der Waals surface area (Å²) >= 11 is 0. The first-order chi connectivity index (χ1) is 17.5. The fraction of sp³-hybridized carbons (Fsp3) is 0.320. The van der Waals surface area contributed by atoms with Gasteiger partial charge in [-0.05, 0) is 25.2 Å². The maximum Gasteiger partial charge on any atom is 0.360 e. The van der Waals surface area contributed by atoms with Crippen LogP contribution in [0.5, 0.6) is 0 Å². The van der Waals surface area contributed by atoms with Crippen LogP contribution < -0.4 is 15.5 Å². The molecule has 0 amide bonds. The second-order valence-corrected chi connectivity index (χ2v) is 8.74. The van der Waals surface area contributed by atoms with E-state index in [1.54, 1.807) is 25.8 Å². The summed E-state index contributed by atoms with van der Waals surface area (Å²) in [5.74, 6) is 0.192. The number of ether oxygens (including phenoxy) is 1. The van der Waals surface area contributed by atoms with E-state index < -0.39 is 5.97 Å². The number of benzene rings is 1. The van der Waals surface area contributed by atoms with Gasteiger partial charge in [-0.2, -0.15) is 0 Å². The molecule has 0 radical (unpaired) electrons. The number of fused-ring (bicyclic) bond motifs is 1. The summed E-state index contributed by atoms with van der Waals surface area (Å²) in [6.45, 7) is 3.94. The van der Waals surface area contributed by atoms with Crippen LogP contribution in [0.3, 0.4) is 0 Å². The molecule has 3 aromatic heterocycles. The lowest BCUT2D eigenvalue weighted by Crippen LogP contribution is -2.44. The number of rotatable bonds is 6. The number of carbonyl (C=O) groups excluding carboxylic acids is 1. The van der Waals surface area contributed by atoms with E-state index in [0.29, 0.717) is 22.9 Å². The number of methoxy groups -OCH3 is 1. The first-order valence-electron chi connectivity index (χ1n) is 11.7. The van der Waals surface area contributed by atoms with Gasteiger partial charge in [0.1, 0.15) is 11.2 Å². The highest BCUT2D eigenvalue weighted by Gasteiger charge is 2.23. The van der Waals surface area contributed by atoms with Crippen LogP contribution in [0, 0.1) is 0 Å². The molecule has 0 bridgehead atoms. The summed E-state index contributed by atoms with van der Waals surface area (Å²) in [4.78, 5) is 35.7. The quantitative estimate of drug-likeness (QED) is 0.394. The van der Waals surface area contributed by atoms with Crippen LogP contribution in [-0.4, -0.2) is 82.8 Å². The van der Waals surface area contributed by atoms with E-state index >= 15 is 0 Å². The van der Waals surface area contributed by atoms with Gasteiger partial charge in [-0.3, -0.25) is 4.98 Å². The van der Waals surface area contributed by atoms with Gasteiger partial charge in [-0.15, -0.1) is 0 Å². The highest BCUT2D eigenvalue weighted by atomic mass is 16.5. The minimum Gasteiger partial charge on any atom is -0.464 e. The maximum absolute atomic E-state index is 12.8. The Morgan fingerprint density at radius 1 is 1.06 bits per heavy atom. The fourth-order valence-electron chi connectivity index (χ4n) is 4.32. The maximum atomic E-state index is 12.8. The number of nitrogens with zero attached hydrogens (tertiary/aromatic N) is 7. The van der Waals surface area contributed by atoms with Crippen molar-refractivity contribution in [2.75, 3.05) is 62.9 Å². The zero-order valence-electron chi connectivity index (χ0n) is 20.8. The molecule has 11 heteroatoms. The Balaban J connectivity index is 1.55. The topological polar surface area (TPSA) is 113 Å². The Morgan fingerprint density at radius 2 is 1.86 bits per heavy atom. The molecule has 5 rings (SSSR count). The third kappa shape index (κ3) is 4.40. The second-order valence-electron chi connectivity index (χ2n) is 8.74. The summed E-state index contributed by atoms with van der Waals surface area (Å²) in [7, 11) is 7.12. The predicted molar refractivity (Wildman–Crippen MR) is 140 cm³/mol. The number of aryl methyl sites for hydroxylation is 1. The number of piperazine rings is 1. The van der Waals surface area contributed by atoms with E-state index in [1.165, 1.54) is 7.11 Å². The Kier molecular flexibility index (Phi) is 6.38. The number of hydrogen-bond acceptors (Lipinski definition) is 10. The summed E-state index contributed by atoms with van der Waals surface area (Å²) in [5.41, 5.74) is 4.68.